The molecule has 1 aromatic heterocycles. The molecule has 2 aromatic rings. The average molecular weight is 309 g/mol. The SMILES string of the molecule is CC1(C)[C@H](C=C(Cl)Cl)[C@H]1C(=O)n1cnc2ccccc21. The number of benzene rings is 1. The smallest absolute Gasteiger partial charge is 0.236 e. The number of para-hydroxylation sites is 2. The molecule has 1 saturated carbocycles. The van der Waals surface area contributed by atoms with Gasteiger partial charge in [-0.05, 0) is 29.5 Å². The lowest BCUT2D eigenvalue weighted by Crippen LogP contribution is -2.14. The van der Waals surface area contributed by atoms with E-state index in [1.54, 1.807) is 17.0 Å². The average Bonchev–Trinajstić information content (AvgIpc) is 2.75. The third kappa shape index (κ3) is 2.05. The maximum atomic E-state index is 12.7. The number of halogens is 2. The van der Waals surface area contributed by atoms with Crippen LogP contribution in [0.5, 0.6) is 0 Å². The molecule has 0 bridgehead atoms. The van der Waals surface area contributed by atoms with E-state index in [9.17, 15) is 4.79 Å². The van der Waals surface area contributed by atoms with Crippen molar-refractivity contribution in [1.82, 2.24) is 9.55 Å². The van der Waals surface area contributed by atoms with Gasteiger partial charge in [0.05, 0.1) is 17.0 Å². The second-order valence-corrected chi connectivity index (χ2v) is 6.73. The van der Waals surface area contributed by atoms with Crippen molar-refractivity contribution in [2.75, 3.05) is 0 Å². The van der Waals surface area contributed by atoms with Gasteiger partial charge in [-0.1, -0.05) is 49.2 Å². The van der Waals surface area contributed by atoms with Gasteiger partial charge in [-0.2, -0.15) is 0 Å². The monoisotopic (exact) mass is 308 g/mol. The van der Waals surface area contributed by atoms with Crippen LogP contribution in [0.4, 0.5) is 0 Å². The number of allylic oxidation sites excluding steroid dienone is 1. The second kappa shape index (κ2) is 4.61. The van der Waals surface area contributed by atoms with E-state index in [4.69, 9.17) is 23.2 Å². The largest absolute Gasteiger partial charge is 0.274 e. The number of nitrogens with zero attached hydrogens (tertiary/aromatic N) is 2. The van der Waals surface area contributed by atoms with Gasteiger partial charge in [0.25, 0.3) is 0 Å². The van der Waals surface area contributed by atoms with Crippen molar-refractivity contribution < 1.29 is 4.79 Å². The van der Waals surface area contributed by atoms with Gasteiger partial charge in [0.15, 0.2) is 0 Å². The first-order valence-electron chi connectivity index (χ1n) is 6.42. The van der Waals surface area contributed by atoms with E-state index in [-0.39, 0.29) is 27.6 Å². The Bertz CT molecular complexity index is 713. The molecule has 0 saturated heterocycles. The number of carbonyl (C=O) groups is 1. The summed E-state index contributed by atoms with van der Waals surface area (Å²) in [6.45, 7) is 4.10. The molecule has 2 atom stereocenters. The number of hydrogen-bond donors (Lipinski definition) is 0. The van der Waals surface area contributed by atoms with Crippen LogP contribution in [0.25, 0.3) is 11.0 Å². The summed E-state index contributed by atoms with van der Waals surface area (Å²) in [6.07, 6.45) is 3.34. The van der Waals surface area contributed by atoms with Crippen molar-refractivity contribution in [2.45, 2.75) is 13.8 Å². The summed E-state index contributed by atoms with van der Waals surface area (Å²) < 4.78 is 1.84. The molecule has 1 heterocycles. The van der Waals surface area contributed by atoms with Crippen molar-refractivity contribution >= 4 is 40.1 Å². The number of hydrogen-bond acceptors (Lipinski definition) is 2. The molecule has 3 rings (SSSR count). The van der Waals surface area contributed by atoms with Crippen LogP contribution in [0.2, 0.25) is 0 Å². The predicted octanol–water partition coefficient (Wildman–Crippen LogP) is 4.27. The molecule has 5 heteroatoms. The summed E-state index contributed by atoms with van der Waals surface area (Å²) >= 11 is 11.5. The Morgan fingerprint density at radius 3 is 2.75 bits per heavy atom. The van der Waals surface area contributed by atoms with Gasteiger partial charge >= 0.3 is 0 Å². The van der Waals surface area contributed by atoms with Gasteiger partial charge < -0.3 is 0 Å². The zero-order chi connectivity index (χ0) is 14.5. The molecule has 1 aromatic carbocycles. The minimum atomic E-state index is -0.127. The van der Waals surface area contributed by atoms with Crippen LogP contribution >= 0.6 is 23.2 Å². The molecule has 104 valence electrons. The quantitative estimate of drug-likeness (QED) is 0.830. The van der Waals surface area contributed by atoms with Crippen molar-refractivity contribution in [3.63, 3.8) is 0 Å². The lowest BCUT2D eigenvalue weighted by Gasteiger charge is -2.04. The van der Waals surface area contributed by atoms with Gasteiger partial charge in [0.1, 0.15) is 10.8 Å². The Labute approximate surface area is 127 Å². The molecule has 20 heavy (non-hydrogen) atoms. The molecule has 0 radical (unpaired) electrons. The number of rotatable bonds is 2. The minimum absolute atomic E-state index is 0.0412. The number of aromatic nitrogens is 2. The normalized spacial score (nSPS) is 23.6. The maximum absolute atomic E-state index is 12.7. The van der Waals surface area contributed by atoms with Crippen LogP contribution < -0.4 is 0 Å². The summed E-state index contributed by atoms with van der Waals surface area (Å²) in [7, 11) is 0. The molecular weight excluding hydrogens is 295 g/mol. The van der Waals surface area contributed by atoms with E-state index in [1.165, 1.54) is 0 Å². The number of fused-ring (bicyclic) bond motifs is 1. The summed E-state index contributed by atoms with van der Waals surface area (Å²) in [5, 5.41) is 0. The highest BCUT2D eigenvalue weighted by Gasteiger charge is 2.61. The molecule has 1 aliphatic rings. The molecular formula is C15H14Cl2N2O. The second-order valence-electron chi connectivity index (χ2n) is 5.72. The van der Waals surface area contributed by atoms with Crippen molar-refractivity contribution in [3.05, 3.63) is 41.2 Å². The molecule has 0 amide bonds. The summed E-state index contributed by atoms with van der Waals surface area (Å²) in [4.78, 5) is 17.0. The van der Waals surface area contributed by atoms with E-state index in [0.717, 1.165) is 11.0 Å². The van der Waals surface area contributed by atoms with Crippen LogP contribution in [0.3, 0.4) is 0 Å². The summed E-state index contributed by atoms with van der Waals surface area (Å²) in [5.74, 6) is -0.00620. The highest BCUT2D eigenvalue weighted by molar-refractivity contribution is 6.55. The van der Waals surface area contributed by atoms with Crippen molar-refractivity contribution in [3.8, 4) is 0 Å². The van der Waals surface area contributed by atoms with E-state index in [0.29, 0.717) is 0 Å². The van der Waals surface area contributed by atoms with Gasteiger partial charge in [-0.25, -0.2) is 4.98 Å². The van der Waals surface area contributed by atoms with E-state index >= 15 is 0 Å². The third-order valence-electron chi connectivity index (χ3n) is 4.17. The Balaban J connectivity index is 1.96. The highest BCUT2D eigenvalue weighted by atomic mass is 35.5. The molecule has 3 nitrogen and oxygen atoms in total. The van der Waals surface area contributed by atoms with Gasteiger partial charge in [-0.3, -0.25) is 9.36 Å². The van der Waals surface area contributed by atoms with E-state index < -0.39 is 0 Å². The van der Waals surface area contributed by atoms with Gasteiger partial charge in [-0.15, -0.1) is 0 Å². The van der Waals surface area contributed by atoms with Crippen LogP contribution in [0.1, 0.15) is 18.6 Å². The van der Waals surface area contributed by atoms with Gasteiger partial charge in [0.2, 0.25) is 5.91 Å². The third-order valence-corrected chi connectivity index (χ3v) is 4.43. The highest BCUT2D eigenvalue weighted by Crippen LogP contribution is 2.60. The Morgan fingerprint density at radius 2 is 2.05 bits per heavy atom. The Hall–Kier alpha value is -1.32. The fourth-order valence-electron chi connectivity index (χ4n) is 2.88. The predicted molar refractivity (Wildman–Crippen MR) is 80.9 cm³/mol. The molecule has 1 aliphatic carbocycles. The summed E-state index contributed by atoms with van der Waals surface area (Å²) in [5.41, 5.74) is 1.53. The van der Waals surface area contributed by atoms with Crippen molar-refractivity contribution in [1.29, 1.82) is 0 Å². The first-order valence-corrected chi connectivity index (χ1v) is 7.17. The minimum Gasteiger partial charge on any atom is -0.274 e. The van der Waals surface area contributed by atoms with Crippen LogP contribution in [-0.4, -0.2) is 15.5 Å². The van der Waals surface area contributed by atoms with Crippen LogP contribution in [0, 0.1) is 17.3 Å². The van der Waals surface area contributed by atoms with Crippen molar-refractivity contribution in [2.24, 2.45) is 17.3 Å². The van der Waals surface area contributed by atoms with Gasteiger partial charge in [0, 0.05) is 0 Å². The topological polar surface area (TPSA) is 34.9 Å². The summed E-state index contributed by atoms with van der Waals surface area (Å²) in [6, 6.07) is 7.60. The van der Waals surface area contributed by atoms with Crippen LogP contribution in [-0.2, 0) is 0 Å². The first-order chi connectivity index (χ1) is 9.43. The first kappa shape index (κ1) is 13.7. The number of imidazole rings is 1. The lowest BCUT2D eigenvalue weighted by molar-refractivity contribution is 0.0873. The fourth-order valence-corrected chi connectivity index (χ4v) is 3.15. The molecule has 0 aliphatic heterocycles. The maximum Gasteiger partial charge on any atom is 0.236 e. The molecule has 0 N–H and O–H groups in total. The van der Waals surface area contributed by atoms with Crippen LogP contribution in [0.15, 0.2) is 41.2 Å². The zero-order valence-electron chi connectivity index (χ0n) is 11.2. The number of carbonyl (C=O) groups excluding carboxylic acids is 1. The lowest BCUT2D eigenvalue weighted by atomic mass is 10.1. The molecule has 1 fully saturated rings. The fraction of sp³-hybridized carbons (Fsp3) is 0.333. The Kier molecular flexibility index (Phi) is 3.14. The van der Waals surface area contributed by atoms with E-state index in [1.807, 2.05) is 38.1 Å². The Morgan fingerprint density at radius 1 is 1.35 bits per heavy atom. The standard InChI is InChI=1S/C15H14Cl2N2O/c1-15(2)9(7-12(16)17)13(15)14(20)19-8-18-10-5-3-4-6-11(10)19/h3-9,13H,1-2H3/t9-,13+/m1/s1. The van der Waals surface area contributed by atoms with E-state index in [2.05, 4.69) is 4.98 Å². The molecule has 0 unspecified atom stereocenters. The molecule has 0 spiro atoms. The zero-order valence-corrected chi connectivity index (χ0v) is 12.7.